The second-order valence-electron chi connectivity index (χ2n) is 3.65. The molecule has 0 aliphatic rings. The first-order valence-electron chi connectivity index (χ1n) is 5.28. The summed E-state index contributed by atoms with van der Waals surface area (Å²) in [5.41, 5.74) is 2.37. The zero-order chi connectivity index (χ0) is 13.1. The number of pyridine rings is 1. The molecule has 0 N–H and O–H groups in total. The van der Waals surface area contributed by atoms with Crippen LogP contribution in [0.4, 0.5) is 0 Å². The van der Waals surface area contributed by atoms with Gasteiger partial charge >= 0.3 is 0 Å². The summed E-state index contributed by atoms with van der Waals surface area (Å²) in [6, 6.07) is 11.4. The molecule has 0 amide bonds. The van der Waals surface area contributed by atoms with E-state index in [9.17, 15) is 0 Å². The highest BCUT2D eigenvalue weighted by atomic mass is 35.5. The van der Waals surface area contributed by atoms with Gasteiger partial charge in [0, 0.05) is 11.1 Å². The lowest BCUT2D eigenvalue weighted by molar-refractivity contribution is 0.371. The monoisotopic (exact) mass is 279 g/mol. The van der Waals surface area contributed by atoms with Crippen LogP contribution in [0.2, 0.25) is 10.2 Å². The van der Waals surface area contributed by atoms with Crippen LogP contribution < -0.4 is 0 Å². The van der Waals surface area contributed by atoms with Crippen molar-refractivity contribution in [3.63, 3.8) is 0 Å². The Labute approximate surface area is 116 Å². The minimum Gasteiger partial charge on any atom is -0.497 e. The van der Waals surface area contributed by atoms with Gasteiger partial charge in [0.25, 0.3) is 0 Å². The highest BCUT2D eigenvalue weighted by Gasteiger charge is 2.13. The Bertz CT molecular complexity index is 582. The lowest BCUT2D eigenvalue weighted by atomic mass is 10.1. The second kappa shape index (κ2) is 5.42. The van der Waals surface area contributed by atoms with E-state index in [1.807, 2.05) is 30.3 Å². The maximum absolute atomic E-state index is 5.98. The summed E-state index contributed by atoms with van der Waals surface area (Å²) >= 11 is 12.0. The average molecular weight is 280 g/mol. The van der Waals surface area contributed by atoms with E-state index >= 15 is 0 Å². The molecule has 1 aromatic carbocycles. The van der Waals surface area contributed by atoms with E-state index in [0.717, 1.165) is 11.1 Å². The largest absolute Gasteiger partial charge is 0.497 e. The van der Waals surface area contributed by atoms with Crippen LogP contribution in [0, 0.1) is 0 Å². The first kappa shape index (κ1) is 12.9. The van der Waals surface area contributed by atoms with Gasteiger partial charge in [-0.1, -0.05) is 60.1 Å². The van der Waals surface area contributed by atoms with E-state index in [2.05, 4.69) is 11.6 Å². The Balaban J connectivity index is 2.65. The van der Waals surface area contributed by atoms with Crippen molar-refractivity contribution in [3.05, 3.63) is 58.7 Å². The summed E-state index contributed by atoms with van der Waals surface area (Å²) in [5, 5.41) is 0.646. The third-order valence-corrected chi connectivity index (χ3v) is 3.20. The number of rotatable bonds is 3. The van der Waals surface area contributed by atoms with Crippen molar-refractivity contribution in [2.45, 2.75) is 0 Å². The number of nitrogens with zero attached hydrogens (tertiary/aromatic N) is 1. The highest BCUT2D eigenvalue weighted by Crippen LogP contribution is 2.32. The molecule has 0 saturated heterocycles. The first-order valence-corrected chi connectivity index (χ1v) is 6.04. The van der Waals surface area contributed by atoms with Crippen molar-refractivity contribution < 1.29 is 4.74 Å². The third-order valence-electron chi connectivity index (χ3n) is 2.53. The molecule has 0 saturated carbocycles. The molecular weight excluding hydrogens is 269 g/mol. The van der Waals surface area contributed by atoms with Gasteiger partial charge in [-0.2, -0.15) is 0 Å². The van der Waals surface area contributed by atoms with Gasteiger partial charge in [-0.15, -0.1) is 0 Å². The molecule has 2 nitrogen and oxygen atoms in total. The fraction of sp³-hybridized carbons (Fsp3) is 0.0714. The lowest BCUT2D eigenvalue weighted by Crippen LogP contribution is -1.95. The Morgan fingerprint density at radius 3 is 2.50 bits per heavy atom. The summed E-state index contributed by atoms with van der Waals surface area (Å²) in [6.45, 7) is 3.84. The molecule has 0 aliphatic carbocycles. The smallest absolute Gasteiger partial charge is 0.148 e. The van der Waals surface area contributed by atoms with E-state index < -0.39 is 0 Å². The molecular formula is C14H11Cl2NO. The molecule has 0 fully saturated rings. The number of hydrogen-bond donors (Lipinski definition) is 0. The second-order valence-corrected chi connectivity index (χ2v) is 4.42. The molecule has 92 valence electrons. The molecule has 0 unspecified atom stereocenters. The molecule has 0 atom stereocenters. The number of methoxy groups -OCH3 is 1. The van der Waals surface area contributed by atoms with Gasteiger partial charge in [0.15, 0.2) is 0 Å². The summed E-state index contributed by atoms with van der Waals surface area (Å²) in [7, 11) is 1.56. The number of halogens is 2. The molecule has 4 heteroatoms. The van der Waals surface area contributed by atoms with E-state index in [-0.39, 0.29) is 5.15 Å². The Morgan fingerprint density at radius 2 is 1.89 bits per heavy atom. The molecule has 0 bridgehead atoms. The predicted octanol–water partition coefficient (Wildman–Crippen LogP) is 4.67. The van der Waals surface area contributed by atoms with Crippen molar-refractivity contribution in [3.8, 4) is 11.3 Å². The average Bonchev–Trinajstić information content (AvgIpc) is 2.41. The van der Waals surface area contributed by atoms with E-state index in [4.69, 9.17) is 27.9 Å². The van der Waals surface area contributed by atoms with Crippen LogP contribution in [0.25, 0.3) is 17.0 Å². The number of ether oxygens (including phenoxy) is 1. The van der Waals surface area contributed by atoms with Crippen LogP contribution in [-0.2, 0) is 4.74 Å². The van der Waals surface area contributed by atoms with Crippen molar-refractivity contribution in [1.82, 2.24) is 4.98 Å². The van der Waals surface area contributed by atoms with Gasteiger partial charge in [-0.05, 0) is 6.07 Å². The van der Waals surface area contributed by atoms with Crippen molar-refractivity contribution >= 4 is 29.0 Å². The fourth-order valence-corrected chi connectivity index (χ4v) is 1.90. The minimum atomic E-state index is 0.267. The van der Waals surface area contributed by atoms with E-state index in [1.165, 1.54) is 0 Å². The first-order chi connectivity index (χ1) is 8.63. The fourth-order valence-electron chi connectivity index (χ4n) is 1.61. The molecule has 1 heterocycles. The zero-order valence-corrected chi connectivity index (χ0v) is 11.3. The van der Waals surface area contributed by atoms with Gasteiger partial charge in [0.05, 0.1) is 17.8 Å². The molecule has 0 radical (unpaired) electrons. The maximum atomic E-state index is 5.98. The van der Waals surface area contributed by atoms with Crippen molar-refractivity contribution in [2.75, 3.05) is 7.11 Å². The van der Waals surface area contributed by atoms with Crippen LogP contribution in [0.5, 0.6) is 0 Å². The number of hydrogen-bond acceptors (Lipinski definition) is 2. The molecule has 0 aliphatic heterocycles. The van der Waals surface area contributed by atoms with Crippen LogP contribution in [0.1, 0.15) is 5.56 Å². The van der Waals surface area contributed by atoms with Crippen LogP contribution >= 0.6 is 23.2 Å². The summed E-state index contributed by atoms with van der Waals surface area (Å²) in [4.78, 5) is 4.30. The van der Waals surface area contributed by atoms with Gasteiger partial charge in [0.1, 0.15) is 10.9 Å². The quantitative estimate of drug-likeness (QED) is 0.602. The zero-order valence-electron chi connectivity index (χ0n) is 9.78. The van der Waals surface area contributed by atoms with Crippen LogP contribution in [-0.4, -0.2) is 12.1 Å². The van der Waals surface area contributed by atoms with Gasteiger partial charge in [-0.25, -0.2) is 4.98 Å². The lowest BCUT2D eigenvalue weighted by Gasteiger charge is -2.11. The van der Waals surface area contributed by atoms with Gasteiger partial charge < -0.3 is 4.74 Å². The molecule has 0 spiro atoms. The summed E-state index contributed by atoms with van der Waals surface area (Å²) < 4.78 is 5.16. The topological polar surface area (TPSA) is 22.1 Å². The standard InChI is InChI=1S/C14H11Cl2NO/c1-9(18-2)11-8-12(15)14(16)17-13(11)10-6-4-3-5-7-10/h3-8H,1H2,2H3. The van der Waals surface area contributed by atoms with E-state index in [1.54, 1.807) is 13.2 Å². The Kier molecular flexibility index (Phi) is 3.90. The summed E-state index contributed by atoms with van der Waals surface area (Å²) in [5.74, 6) is 0.500. The maximum Gasteiger partial charge on any atom is 0.148 e. The van der Waals surface area contributed by atoms with Crippen molar-refractivity contribution in [1.29, 1.82) is 0 Å². The predicted molar refractivity (Wildman–Crippen MR) is 75.7 cm³/mol. The Morgan fingerprint density at radius 1 is 1.22 bits per heavy atom. The molecule has 18 heavy (non-hydrogen) atoms. The minimum absolute atomic E-state index is 0.267. The van der Waals surface area contributed by atoms with Crippen molar-refractivity contribution in [2.24, 2.45) is 0 Å². The molecule has 2 aromatic rings. The number of aromatic nitrogens is 1. The third kappa shape index (κ3) is 2.50. The van der Waals surface area contributed by atoms with Crippen LogP contribution in [0.15, 0.2) is 43.0 Å². The highest BCUT2D eigenvalue weighted by molar-refractivity contribution is 6.41. The Hall–Kier alpha value is -1.51. The normalized spacial score (nSPS) is 10.2. The van der Waals surface area contributed by atoms with Gasteiger partial charge in [0.2, 0.25) is 0 Å². The van der Waals surface area contributed by atoms with Gasteiger partial charge in [-0.3, -0.25) is 0 Å². The number of benzene rings is 1. The SMILES string of the molecule is C=C(OC)c1cc(Cl)c(Cl)nc1-c1ccccc1. The summed E-state index contributed by atoms with van der Waals surface area (Å²) in [6.07, 6.45) is 0. The van der Waals surface area contributed by atoms with Crippen LogP contribution in [0.3, 0.4) is 0 Å². The van der Waals surface area contributed by atoms with E-state index in [0.29, 0.717) is 16.5 Å². The molecule has 1 aromatic heterocycles. The molecule has 2 rings (SSSR count).